The van der Waals surface area contributed by atoms with E-state index in [0.717, 1.165) is 12.8 Å². The van der Waals surface area contributed by atoms with E-state index >= 15 is 0 Å². The van der Waals surface area contributed by atoms with Gasteiger partial charge in [-0.05, 0) is 27.2 Å². The van der Waals surface area contributed by atoms with Crippen LogP contribution < -0.4 is 10.6 Å². The number of aliphatic hydroxyl groups excluding tert-OH is 1. The van der Waals surface area contributed by atoms with E-state index in [-0.39, 0.29) is 0 Å². The molecule has 0 fully saturated rings. The molecule has 23 heavy (non-hydrogen) atoms. The molecule has 0 saturated carbocycles. The number of carbonyl (C=O) groups is 2. The van der Waals surface area contributed by atoms with Crippen molar-refractivity contribution in [3.63, 3.8) is 0 Å². The Morgan fingerprint density at radius 3 is 2.65 bits per heavy atom. The van der Waals surface area contributed by atoms with Crippen molar-refractivity contribution < 1.29 is 19.4 Å². The highest BCUT2D eigenvalue weighted by molar-refractivity contribution is 5.93. The van der Waals surface area contributed by atoms with E-state index < -0.39 is 29.7 Å². The van der Waals surface area contributed by atoms with Gasteiger partial charge in [0, 0.05) is 6.07 Å². The first kappa shape index (κ1) is 19.0. The molecule has 8 heteroatoms. The van der Waals surface area contributed by atoms with E-state index in [9.17, 15) is 14.7 Å². The summed E-state index contributed by atoms with van der Waals surface area (Å²) in [5, 5.41) is 21.6. The predicted octanol–water partition coefficient (Wildman–Crippen LogP) is 1.79. The van der Waals surface area contributed by atoms with E-state index in [1.807, 2.05) is 6.92 Å². The van der Waals surface area contributed by atoms with Gasteiger partial charge >= 0.3 is 6.09 Å². The average molecular weight is 326 g/mol. The Kier molecular flexibility index (Phi) is 7.02. The van der Waals surface area contributed by atoms with Gasteiger partial charge in [0.2, 0.25) is 0 Å². The van der Waals surface area contributed by atoms with Crippen molar-refractivity contribution in [3.8, 4) is 0 Å². The summed E-state index contributed by atoms with van der Waals surface area (Å²) in [4.78, 5) is 24.0. The molecule has 8 nitrogen and oxygen atoms in total. The number of anilines is 1. The van der Waals surface area contributed by atoms with Crippen LogP contribution in [0.5, 0.6) is 0 Å². The molecule has 2 atom stereocenters. The molecule has 4 N–H and O–H groups in total. The number of aromatic nitrogens is 2. The molecule has 0 saturated heterocycles. The highest BCUT2D eigenvalue weighted by atomic mass is 16.6. The molecule has 1 aromatic heterocycles. The Morgan fingerprint density at radius 1 is 1.43 bits per heavy atom. The maximum Gasteiger partial charge on any atom is 0.407 e. The van der Waals surface area contributed by atoms with Gasteiger partial charge in [-0.2, -0.15) is 5.10 Å². The summed E-state index contributed by atoms with van der Waals surface area (Å²) in [6, 6.07) is 0.834. The second-order valence-electron chi connectivity index (χ2n) is 6.30. The molecule has 1 rings (SSSR count). The third kappa shape index (κ3) is 7.14. The molecule has 130 valence electrons. The molecule has 0 radical (unpaired) electrons. The highest BCUT2D eigenvalue weighted by Gasteiger charge is 2.29. The van der Waals surface area contributed by atoms with E-state index in [2.05, 4.69) is 20.8 Å². The Balaban J connectivity index is 2.67. The molecule has 0 unspecified atom stereocenters. The van der Waals surface area contributed by atoms with Crippen LogP contribution in [-0.4, -0.2) is 45.1 Å². The highest BCUT2D eigenvalue weighted by Crippen LogP contribution is 2.11. The number of ether oxygens (including phenoxy) is 1. The first-order valence-electron chi connectivity index (χ1n) is 7.70. The summed E-state index contributed by atoms with van der Waals surface area (Å²) in [5.74, 6) is -0.244. The van der Waals surface area contributed by atoms with Crippen LogP contribution in [0.4, 0.5) is 10.6 Å². The van der Waals surface area contributed by atoms with Crippen LogP contribution in [0.2, 0.25) is 0 Å². The van der Waals surface area contributed by atoms with E-state index in [4.69, 9.17) is 4.74 Å². The number of rotatable bonds is 7. The van der Waals surface area contributed by atoms with Crippen molar-refractivity contribution in [1.82, 2.24) is 15.5 Å². The van der Waals surface area contributed by atoms with Gasteiger partial charge in [0.05, 0.1) is 12.2 Å². The van der Waals surface area contributed by atoms with Crippen LogP contribution in [-0.2, 0) is 9.53 Å². The summed E-state index contributed by atoms with van der Waals surface area (Å²) >= 11 is 0. The molecule has 0 spiro atoms. The van der Waals surface area contributed by atoms with Crippen LogP contribution in [0.15, 0.2) is 12.3 Å². The van der Waals surface area contributed by atoms with Gasteiger partial charge in [-0.1, -0.05) is 19.8 Å². The molecule has 0 aliphatic rings. The molecule has 0 aliphatic carbocycles. The van der Waals surface area contributed by atoms with Gasteiger partial charge in [0.25, 0.3) is 5.91 Å². The average Bonchev–Trinajstić information content (AvgIpc) is 2.93. The smallest absolute Gasteiger partial charge is 0.407 e. The summed E-state index contributed by atoms with van der Waals surface area (Å²) in [7, 11) is 0. The number of nitrogens with zero attached hydrogens (tertiary/aromatic N) is 1. The van der Waals surface area contributed by atoms with E-state index in [1.165, 1.54) is 6.20 Å². The zero-order valence-corrected chi connectivity index (χ0v) is 14.0. The fourth-order valence-corrected chi connectivity index (χ4v) is 1.91. The molecule has 0 aromatic carbocycles. The molecule has 0 aliphatic heterocycles. The zero-order valence-electron chi connectivity index (χ0n) is 14.0. The van der Waals surface area contributed by atoms with Crippen molar-refractivity contribution in [2.45, 2.75) is 64.7 Å². The second kappa shape index (κ2) is 8.52. The fraction of sp³-hybridized carbons (Fsp3) is 0.667. The number of hydrogen-bond acceptors (Lipinski definition) is 5. The van der Waals surface area contributed by atoms with Crippen LogP contribution >= 0.6 is 0 Å². The SMILES string of the molecule is CCCC[C@H](NC(=O)OC(C)(C)C)[C@H](O)C(=O)Nc1ccn[nH]1. The predicted molar refractivity (Wildman–Crippen MR) is 85.9 cm³/mol. The first-order chi connectivity index (χ1) is 10.7. The number of aliphatic hydroxyl groups is 1. The molecule has 1 heterocycles. The van der Waals surface area contributed by atoms with Crippen LogP contribution in [0.25, 0.3) is 0 Å². The molecule has 2 amide bonds. The first-order valence-corrected chi connectivity index (χ1v) is 7.70. The lowest BCUT2D eigenvalue weighted by molar-refractivity contribution is -0.125. The minimum Gasteiger partial charge on any atom is -0.444 e. The van der Waals surface area contributed by atoms with Gasteiger partial charge in [-0.25, -0.2) is 4.79 Å². The lowest BCUT2D eigenvalue weighted by atomic mass is 10.0. The van der Waals surface area contributed by atoms with E-state index in [1.54, 1.807) is 26.8 Å². The van der Waals surface area contributed by atoms with Gasteiger partial charge < -0.3 is 20.5 Å². The normalized spacial score (nSPS) is 14.0. The standard InChI is InChI=1S/C15H26N4O4/c1-5-6-7-10(17-14(22)23-15(2,3)4)12(20)13(21)18-11-8-9-16-19-11/h8-10,12,20H,5-7H2,1-4H3,(H,17,22)(H2,16,18,19,21)/t10-,12-/m0/s1. The van der Waals surface area contributed by atoms with E-state index in [0.29, 0.717) is 12.2 Å². The number of H-pyrrole nitrogens is 1. The summed E-state index contributed by atoms with van der Waals surface area (Å²) in [6.07, 6.45) is 1.53. The summed E-state index contributed by atoms with van der Waals surface area (Å²) in [5.41, 5.74) is -0.650. The lowest BCUT2D eigenvalue weighted by Gasteiger charge is -2.26. The Hall–Kier alpha value is -2.09. The van der Waals surface area contributed by atoms with Crippen molar-refractivity contribution >= 4 is 17.8 Å². The number of amides is 2. The minimum atomic E-state index is -1.39. The Bertz CT molecular complexity index is 496. The van der Waals surface area contributed by atoms with Gasteiger partial charge in [0.15, 0.2) is 6.10 Å². The van der Waals surface area contributed by atoms with Crippen molar-refractivity contribution in [2.75, 3.05) is 5.32 Å². The molecule has 0 bridgehead atoms. The third-order valence-corrected chi connectivity index (χ3v) is 2.98. The number of carbonyl (C=O) groups excluding carboxylic acids is 2. The number of hydrogen-bond donors (Lipinski definition) is 4. The second-order valence-corrected chi connectivity index (χ2v) is 6.30. The fourth-order valence-electron chi connectivity index (χ4n) is 1.91. The van der Waals surface area contributed by atoms with Crippen LogP contribution in [0.1, 0.15) is 47.0 Å². The van der Waals surface area contributed by atoms with Crippen molar-refractivity contribution in [1.29, 1.82) is 0 Å². The van der Waals surface area contributed by atoms with Gasteiger partial charge in [0.1, 0.15) is 11.4 Å². The monoisotopic (exact) mass is 326 g/mol. The lowest BCUT2D eigenvalue weighted by Crippen LogP contribution is -2.50. The quantitative estimate of drug-likeness (QED) is 0.609. The summed E-state index contributed by atoms with van der Waals surface area (Å²) in [6.45, 7) is 7.22. The number of alkyl carbamates (subject to hydrolysis) is 1. The number of unbranched alkanes of at least 4 members (excludes halogenated alkanes) is 1. The van der Waals surface area contributed by atoms with Crippen molar-refractivity contribution in [2.24, 2.45) is 0 Å². The van der Waals surface area contributed by atoms with Crippen LogP contribution in [0, 0.1) is 0 Å². The van der Waals surface area contributed by atoms with Crippen molar-refractivity contribution in [3.05, 3.63) is 12.3 Å². The number of aromatic amines is 1. The third-order valence-electron chi connectivity index (χ3n) is 2.98. The van der Waals surface area contributed by atoms with Gasteiger partial charge in [-0.3, -0.25) is 9.89 Å². The Morgan fingerprint density at radius 2 is 2.13 bits per heavy atom. The number of nitrogens with one attached hydrogen (secondary N) is 3. The topological polar surface area (TPSA) is 116 Å². The Labute approximate surface area is 136 Å². The molecule has 1 aromatic rings. The van der Waals surface area contributed by atoms with Crippen LogP contribution in [0.3, 0.4) is 0 Å². The maximum atomic E-state index is 12.1. The minimum absolute atomic E-state index is 0.376. The summed E-state index contributed by atoms with van der Waals surface area (Å²) < 4.78 is 5.17. The molecular formula is C15H26N4O4. The largest absolute Gasteiger partial charge is 0.444 e. The molecular weight excluding hydrogens is 300 g/mol. The maximum absolute atomic E-state index is 12.1. The zero-order chi connectivity index (χ0) is 17.5. The van der Waals surface area contributed by atoms with Gasteiger partial charge in [-0.15, -0.1) is 0 Å².